The van der Waals surface area contributed by atoms with Gasteiger partial charge in [0.2, 0.25) is 0 Å². The van der Waals surface area contributed by atoms with Gasteiger partial charge in [0.05, 0.1) is 68.5 Å². The van der Waals surface area contributed by atoms with E-state index in [1.54, 1.807) is 35.0 Å². The predicted molar refractivity (Wildman–Crippen MR) is 442 cm³/mol. The summed E-state index contributed by atoms with van der Waals surface area (Å²) in [6.45, 7) is 6.61. The smallest absolute Gasteiger partial charge is 0.286 e. The van der Waals surface area contributed by atoms with Crippen LogP contribution in [0.5, 0.6) is 0 Å². The highest BCUT2D eigenvalue weighted by molar-refractivity contribution is 6.35. The van der Waals surface area contributed by atoms with Crippen LogP contribution in [-0.4, -0.2) is 84.4 Å². The number of carbonyl (C=O) groups is 3. The molecule has 5 aliphatic rings. The van der Waals surface area contributed by atoms with Crippen LogP contribution in [0.2, 0.25) is 40.2 Å². The molecule has 3 N–H and O–H groups in total. The number of morpholine rings is 1. The fourth-order valence-corrected chi connectivity index (χ4v) is 16.3. The fraction of sp³-hybridized carbons (Fsp3) is 0.302. The maximum Gasteiger partial charge on any atom is 0.286 e. The molecule has 108 heavy (non-hydrogen) atoms. The van der Waals surface area contributed by atoms with Crippen molar-refractivity contribution >= 4 is 145 Å². The van der Waals surface area contributed by atoms with E-state index in [9.17, 15) is 14.4 Å². The zero-order valence-electron chi connectivity index (χ0n) is 60.2. The molecule has 3 amide bonds. The van der Waals surface area contributed by atoms with Gasteiger partial charge < -0.3 is 15.4 Å². The van der Waals surface area contributed by atoms with Crippen molar-refractivity contribution in [3.63, 3.8) is 0 Å². The van der Waals surface area contributed by atoms with Crippen LogP contribution in [0.15, 0.2) is 164 Å². The third-order valence-corrected chi connectivity index (χ3v) is 22.7. The standard InChI is InChI=1S/C30H32Cl3N3O.C30H26Cl3N3O.C26H26Cl2N4O2/c2*1-19(21-7-3-2-4-8-21)34-30(37)28-25-10-6-5-9-22(17-20-11-13-23(31)14-12-20)29(25)36(35-28)27-18-24(32)15-16-26(27)33;27-20-11-9-18(10-12-20)17-19-5-1-2-6-21-24(26(33)30-31-13-15-34-16-14-31)29-32(25(19)21)23-8-4-3-7-22(23)28/h11-19,21H,2-10H2,1H3,(H,34,37);2-4,7-8,11-19H,5-6,9-10H2,1H3,(H,34,37);3-4,7-12,17H,1-2,5-6,13-16H2,(H,30,33)/b2*22-17+;19-17+/t2*19-;/m11./s1. The molecule has 1 saturated carbocycles. The largest absolute Gasteiger partial charge is 0.379 e. The van der Waals surface area contributed by atoms with E-state index in [-0.39, 0.29) is 29.8 Å². The van der Waals surface area contributed by atoms with E-state index in [2.05, 4.69) is 41.2 Å². The van der Waals surface area contributed by atoms with Crippen molar-refractivity contribution in [2.45, 2.75) is 135 Å². The first-order valence-electron chi connectivity index (χ1n) is 37.1. The number of carbonyl (C=O) groups excluding carboxylic acids is 3. The first-order valence-corrected chi connectivity index (χ1v) is 40.1. The average Bonchev–Trinajstić information content (AvgIpc) is 1.62. The van der Waals surface area contributed by atoms with Crippen LogP contribution >= 0.6 is 92.8 Å². The summed E-state index contributed by atoms with van der Waals surface area (Å²) in [6, 6.07) is 51.4. The highest BCUT2D eigenvalue weighted by Crippen LogP contribution is 2.42. The SMILES string of the molecule is C[C@@H](NC(=O)c1nn(-c2cc(Cl)ccc2Cl)c2c1CCCC/C2=C\c1ccc(Cl)cc1)C1CCCCC1.C[C@@H](NC(=O)c1nn(-c2cc(Cl)ccc2Cl)c2c1CCCC/C2=C\c1ccc(Cl)cc1)c1ccccc1.O=C(NN1CCOCC1)c1nn(-c2ccccc2Cl)c2c1CCCC/C2=C\c1ccc(Cl)cc1. The first-order chi connectivity index (χ1) is 52.4. The summed E-state index contributed by atoms with van der Waals surface area (Å²) in [5.74, 6) is -0.00552. The van der Waals surface area contributed by atoms with Gasteiger partial charge in [0.1, 0.15) is 0 Å². The molecule has 1 saturated heterocycles. The zero-order chi connectivity index (χ0) is 75.4. The molecule has 3 aromatic heterocycles. The van der Waals surface area contributed by atoms with E-state index in [0.717, 1.165) is 155 Å². The number of hydrazine groups is 1. The molecular weight excluding hydrogens is 1520 g/mol. The number of benzene rings is 7. The quantitative estimate of drug-likeness (QED) is 0.0910. The summed E-state index contributed by atoms with van der Waals surface area (Å²) in [4.78, 5) is 40.7. The molecule has 2 fully saturated rings. The van der Waals surface area contributed by atoms with E-state index < -0.39 is 0 Å². The Balaban J connectivity index is 0.000000143. The molecule has 15 rings (SSSR count). The molecule has 2 atom stereocenters. The number of para-hydroxylation sites is 1. The average molecular weight is 1610 g/mol. The van der Waals surface area contributed by atoms with Gasteiger partial charge in [-0.05, 0) is 252 Å². The summed E-state index contributed by atoms with van der Waals surface area (Å²) < 4.78 is 10.9. The van der Waals surface area contributed by atoms with Crippen molar-refractivity contribution in [3.05, 3.63) is 277 Å². The monoisotopic (exact) mass is 1600 g/mol. The van der Waals surface area contributed by atoms with Crippen molar-refractivity contribution < 1.29 is 19.1 Å². The van der Waals surface area contributed by atoms with Gasteiger partial charge in [0.15, 0.2) is 17.1 Å². The summed E-state index contributed by atoms with van der Waals surface area (Å²) in [7, 11) is 0. The molecule has 0 radical (unpaired) electrons. The van der Waals surface area contributed by atoms with Gasteiger partial charge in [0, 0.05) is 60.9 Å². The molecule has 14 nitrogen and oxygen atoms in total. The minimum Gasteiger partial charge on any atom is -0.379 e. The van der Waals surface area contributed by atoms with Gasteiger partial charge in [-0.15, -0.1) is 0 Å². The molecule has 0 spiro atoms. The number of allylic oxidation sites excluding steroid dienone is 3. The minimum atomic E-state index is -0.211. The zero-order valence-corrected chi connectivity index (χ0v) is 66.2. The summed E-state index contributed by atoms with van der Waals surface area (Å²) in [5, 5.41) is 27.8. The third kappa shape index (κ3) is 19.1. The van der Waals surface area contributed by atoms with Gasteiger partial charge in [-0.2, -0.15) is 15.3 Å². The molecular formula is C86H84Cl8N10O4. The van der Waals surface area contributed by atoms with Crippen molar-refractivity contribution in [2.75, 3.05) is 26.3 Å². The van der Waals surface area contributed by atoms with Crippen LogP contribution in [0.1, 0.15) is 197 Å². The van der Waals surface area contributed by atoms with Crippen LogP contribution in [0.3, 0.4) is 0 Å². The maximum absolute atomic E-state index is 13.7. The highest BCUT2D eigenvalue weighted by Gasteiger charge is 2.34. The number of fused-ring (bicyclic) bond motifs is 3. The number of aromatic nitrogens is 6. The minimum absolute atomic E-state index is 0.109. The molecule has 0 unspecified atom stereocenters. The van der Waals surface area contributed by atoms with Crippen LogP contribution < -0.4 is 16.1 Å². The van der Waals surface area contributed by atoms with Gasteiger partial charge >= 0.3 is 0 Å². The number of hydrogen-bond acceptors (Lipinski definition) is 8. The number of ether oxygens (including phenoxy) is 1. The lowest BCUT2D eigenvalue weighted by Crippen LogP contribution is -2.48. The van der Waals surface area contributed by atoms with Crippen molar-refractivity contribution in [1.82, 2.24) is 50.4 Å². The Labute approximate surface area is 671 Å². The molecule has 4 heterocycles. The number of rotatable bonds is 14. The molecule has 22 heteroatoms. The van der Waals surface area contributed by atoms with E-state index in [1.165, 1.54) is 32.1 Å². The topological polar surface area (TPSA) is 153 Å². The van der Waals surface area contributed by atoms with Crippen molar-refractivity contribution in [1.29, 1.82) is 0 Å². The molecule has 7 aromatic carbocycles. The Morgan fingerprint density at radius 2 is 0.796 bits per heavy atom. The Morgan fingerprint density at radius 1 is 0.417 bits per heavy atom. The van der Waals surface area contributed by atoms with Gasteiger partial charge in [-0.25, -0.2) is 19.1 Å². The lowest BCUT2D eigenvalue weighted by Gasteiger charge is -2.28. The van der Waals surface area contributed by atoms with E-state index >= 15 is 0 Å². The predicted octanol–water partition coefficient (Wildman–Crippen LogP) is 22.8. The normalized spacial score (nSPS) is 17.1. The van der Waals surface area contributed by atoms with Gasteiger partial charge in [-0.1, -0.05) is 191 Å². The van der Waals surface area contributed by atoms with E-state index in [4.69, 9.17) is 113 Å². The van der Waals surface area contributed by atoms with Gasteiger partial charge in [-0.3, -0.25) is 19.8 Å². The Morgan fingerprint density at radius 3 is 1.24 bits per heavy atom. The number of nitrogens with one attached hydrogen (secondary N) is 3. The van der Waals surface area contributed by atoms with Crippen LogP contribution in [-0.2, 0) is 24.0 Å². The van der Waals surface area contributed by atoms with E-state index in [1.807, 2.05) is 155 Å². The second-order valence-electron chi connectivity index (χ2n) is 28.0. The lowest BCUT2D eigenvalue weighted by molar-refractivity contribution is 0.0124. The molecule has 10 aromatic rings. The number of hydrogen-bond donors (Lipinski definition) is 3. The van der Waals surface area contributed by atoms with Crippen molar-refractivity contribution in [2.24, 2.45) is 5.92 Å². The number of amides is 3. The van der Waals surface area contributed by atoms with E-state index in [0.29, 0.717) is 101 Å². The summed E-state index contributed by atoms with van der Waals surface area (Å²) >= 11 is 51.0. The Hall–Kier alpha value is -7.96. The molecule has 1 aliphatic heterocycles. The number of nitrogens with zero attached hydrogens (tertiary/aromatic N) is 7. The molecule has 0 bridgehead atoms. The second-order valence-corrected chi connectivity index (χ2v) is 31.4. The fourth-order valence-electron chi connectivity index (χ4n) is 14.9. The number of halogens is 8. The highest BCUT2D eigenvalue weighted by atomic mass is 35.5. The van der Waals surface area contributed by atoms with Crippen LogP contribution in [0.25, 0.3) is 52.0 Å². The van der Waals surface area contributed by atoms with Crippen LogP contribution in [0.4, 0.5) is 0 Å². The Kier molecular flexibility index (Phi) is 26.6. The van der Waals surface area contributed by atoms with Crippen molar-refractivity contribution in [3.8, 4) is 17.1 Å². The molecule has 4 aliphatic carbocycles. The lowest BCUT2D eigenvalue weighted by atomic mass is 9.84. The maximum atomic E-state index is 13.7. The van der Waals surface area contributed by atoms with Gasteiger partial charge in [0.25, 0.3) is 17.7 Å². The molecule has 558 valence electrons. The summed E-state index contributed by atoms with van der Waals surface area (Å²) in [5.41, 5.74) is 19.6. The Bertz CT molecular complexity index is 4960. The third-order valence-electron chi connectivity index (χ3n) is 20.5. The summed E-state index contributed by atoms with van der Waals surface area (Å²) in [6.07, 6.45) is 23.5. The van der Waals surface area contributed by atoms with Crippen LogP contribution in [0, 0.1) is 5.92 Å². The first kappa shape index (κ1) is 78.2. The second kappa shape index (κ2) is 36.7.